The van der Waals surface area contributed by atoms with Crippen LogP contribution >= 0.6 is 0 Å². The number of amides is 1. The lowest BCUT2D eigenvalue weighted by molar-refractivity contribution is -0.143. The molecular weight excluding hydrogens is 240 g/mol. The average Bonchev–Trinajstić information content (AvgIpc) is 2.31. The van der Waals surface area contributed by atoms with Gasteiger partial charge < -0.3 is 21.3 Å². The molecule has 3 atom stereocenters. The van der Waals surface area contributed by atoms with E-state index in [1.165, 1.54) is 0 Å². The summed E-state index contributed by atoms with van der Waals surface area (Å²) in [4.78, 5) is 32.9. The van der Waals surface area contributed by atoms with Crippen LogP contribution in [-0.2, 0) is 14.4 Å². The highest BCUT2D eigenvalue weighted by atomic mass is 16.4. The van der Waals surface area contributed by atoms with Gasteiger partial charge in [0.15, 0.2) is 0 Å². The number of carbonyl (C=O) groups excluding carboxylic acids is 1. The van der Waals surface area contributed by atoms with Gasteiger partial charge in [-0.3, -0.25) is 9.59 Å². The van der Waals surface area contributed by atoms with Gasteiger partial charge >= 0.3 is 11.9 Å². The number of hydrogen-bond acceptors (Lipinski definition) is 4. The van der Waals surface area contributed by atoms with Crippen LogP contribution < -0.4 is 11.1 Å². The fourth-order valence-electron chi connectivity index (χ4n) is 1.34. The van der Waals surface area contributed by atoms with Crippen molar-refractivity contribution in [3.05, 3.63) is 0 Å². The van der Waals surface area contributed by atoms with Gasteiger partial charge in [0, 0.05) is 6.42 Å². The average molecular weight is 260 g/mol. The van der Waals surface area contributed by atoms with Crippen molar-refractivity contribution in [2.24, 2.45) is 11.7 Å². The molecule has 0 saturated carbocycles. The fourth-order valence-corrected chi connectivity index (χ4v) is 1.34. The first-order valence-corrected chi connectivity index (χ1v) is 5.80. The standard InChI is InChI=1S/C11H20N2O5/c1-3-6(2)9(11(17)18)13-8(14)5-4-7(12)10(15)16/h6-7,9H,3-5,12H2,1-2H3,(H,13,14)(H,15,16)(H,17,18)/t6?,7-,9-/m0/s1. The largest absolute Gasteiger partial charge is 0.480 e. The lowest BCUT2D eigenvalue weighted by Gasteiger charge is -2.20. The smallest absolute Gasteiger partial charge is 0.326 e. The molecule has 1 amide bonds. The SMILES string of the molecule is CCC(C)[C@H](NC(=O)CC[C@H](N)C(=O)O)C(=O)O. The molecule has 0 aromatic carbocycles. The molecule has 0 aromatic heterocycles. The molecule has 5 N–H and O–H groups in total. The Bertz CT molecular complexity index is 319. The van der Waals surface area contributed by atoms with Crippen LogP contribution in [0.25, 0.3) is 0 Å². The predicted molar refractivity (Wildman–Crippen MR) is 63.9 cm³/mol. The Morgan fingerprint density at radius 3 is 2.17 bits per heavy atom. The molecule has 0 fully saturated rings. The summed E-state index contributed by atoms with van der Waals surface area (Å²) < 4.78 is 0. The highest BCUT2D eigenvalue weighted by Crippen LogP contribution is 2.08. The van der Waals surface area contributed by atoms with Crippen LogP contribution in [0, 0.1) is 5.92 Å². The van der Waals surface area contributed by atoms with E-state index in [0.29, 0.717) is 6.42 Å². The maximum atomic E-state index is 11.5. The molecule has 0 heterocycles. The second-order valence-electron chi connectivity index (χ2n) is 4.25. The molecule has 104 valence electrons. The van der Waals surface area contributed by atoms with Crippen LogP contribution in [-0.4, -0.2) is 40.1 Å². The molecule has 7 nitrogen and oxygen atoms in total. The van der Waals surface area contributed by atoms with E-state index < -0.39 is 29.9 Å². The third-order valence-electron chi connectivity index (χ3n) is 2.80. The maximum absolute atomic E-state index is 11.5. The summed E-state index contributed by atoms with van der Waals surface area (Å²) >= 11 is 0. The summed E-state index contributed by atoms with van der Waals surface area (Å²) in [5.74, 6) is -2.97. The number of nitrogens with one attached hydrogen (secondary N) is 1. The van der Waals surface area contributed by atoms with Crippen molar-refractivity contribution < 1.29 is 24.6 Å². The molecule has 0 saturated heterocycles. The number of carboxylic acid groups (broad SMARTS) is 2. The molecule has 0 rings (SSSR count). The summed E-state index contributed by atoms with van der Waals surface area (Å²) in [7, 11) is 0. The molecule has 0 radical (unpaired) electrons. The van der Waals surface area contributed by atoms with E-state index >= 15 is 0 Å². The lowest BCUT2D eigenvalue weighted by Crippen LogP contribution is -2.45. The first-order valence-electron chi connectivity index (χ1n) is 5.80. The minimum absolute atomic E-state index is 0.0198. The first-order chi connectivity index (χ1) is 8.29. The molecule has 18 heavy (non-hydrogen) atoms. The third-order valence-corrected chi connectivity index (χ3v) is 2.80. The molecule has 1 unspecified atom stereocenters. The molecule has 7 heteroatoms. The summed E-state index contributed by atoms with van der Waals surface area (Å²) in [6, 6.07) is -2.06. The molecular formula is C11H20N2O5. The van der Waals surface area contributed by atoms with Crippen LogP contribution in [0.3, 0.4) is 0 Å². The van der Waals surface area contributed by atoms with E-state index in [4.69, 9.17) is 15.9 Å². The van der Waals surface area contributed by atoms with Gasteiger partial charge in [-0.25, -0.2) is 4.79 Å². The maximum Gasteiger partial charge on any atom is 0.326 e. The normalized spacial score (nSPS) is 15.5. The van der Waals surface area contributed by atoms with E-state index in [1.54, 1.807) is 6.92 Å². The van der Waals surface area contributed by atoms with Gasteiger partial charge in [0.2, 0.25) is 5.91 Å². The second kappa shape index (κ2) is 7.65. The monoisotopic (exact) mass is 260 g/mol. The number of nitrogens with two attached hydrogens (primary N) is 1. The Morgan fingerprint density at radius 2 is 1.78 bits per heavy atom. The lowest BCUT2D eigenvalue weighted by atomic mass is 9.99. The number of carbonyl (C=O) groups is 3. The van der Waals surface area contributed by atoms with Crippen molar-refractivity contribution in [2.75, 3.05) is 0 Å². The van der Waals surface area contributed by atoms with Gasteiger partial charge in [0.25, 0.3) is 0 Å². The van der Waals surface area contributed by atoms with Gasteiger partial charge in [-0.05, 0) is 12.3 Å². The van der Waals surface area contributed by atoms with Gasteiger partial charge in [-0.15, -0.1) is 0 Å². The van der Waals surface area contributed by atoms with Crippen molar-refractivity contribution in [1.29, 1.82) is 0 Å². The van der Waals surface area contributed by atoms with Crippen molar-refractivity contribution in [2.45, 2.75) is 45.2 Å². The van der Waals surface area contributed by atoms with Crippen molar-refractivity contribution >= 4 is 17.8 Å². The number of aliphatic carboxylic acids is 2. The Labute approximate surface area is 105 Å². The van der Waals surface area contributed by atoms with Crippen LogP contribution in [0.1, 0.15) is 33.1 Å². The second-order valence-corrected chi connectivity index (χ2v) is 4.25. The molecule has 0 aliphatic carbocycles. The molecule has 0 spiro atoms. The number of hydrogen-bond donors (Lipinski definition) is 4. The fraction of sp³-hybridized carbons (Fsp3) is 0.727. The molecule has 0 aromatic rings. The third kappa shape index (κ3) is 5.62. The Morgan fingerprint density at radius 1 is 1.22 bits per heavy atom. The van der Waals surface area contributed by atoms with Gasteiger partial charge in [-0.1, -0.05) is 20.3 Å². The van der Waals surface area contributed by atoms with E-state index in [-0.39, 0.29) is 18.8 Å². The zero-order valence-electron chi connectivity index (χ0n) is 10.5. The quantitative estimate of drug-likeness (QED) is 0.478. The van der Waals surface area contributed by atoms with Crippen LogP contribution in [0.5, 0.6) is 0 Å². The highest BCUT2D eigenvalue weighted by molar-refractivity contribution is 5.84. The van der Waals surface area contributed by atoms with Gasteiger partial charge in [-0.2, -0.15) is 0 Å². The minimum atomic E-state index is -1.18. The Balaban J connectivity index is 4.27. The van der Waals surface area contributed by atoms with E-state index in [1.807, 2.05) is 6.92 Å². The summed E-state index contributed by atoms with van der Waals surface area (Å²) in [6.07, 6.45) is 0.494. The molecule has 0 bridgehead atoms. The van der Waals surface area contributed by atoms with Crippen molar-refractivity contribution in [3.63, 3.8) is 0 Å². The van der Waals surface area contributed by atoms with E-state index in [2.05, 4.69) is 5.32 Å². The van der Waals surface area contributed by atoms with Crippen LogP contribution in [0.2, 0.25) is 0 Å². The van der Waals surface area contributed by atoms with Crippen LogP contribution in [0.4, 0.5) is 0 Å². The van der Waals surface area contributed by atoms with Crippen molar-refractivity contribution in [1.82, 2.24) is 5.32 Å². The molecule has 0 aliphatic rings. The van der Waals surface area contributed by atoms with E-state index in [0.717, 1.165) is 0 Å². The van der Waals surface area contributed by atoms with Gasteiger partial charge in [0.05, 0.1) is 0 Å². The highest BCUT2D eigenvalue weighted by Gasteiger charge is 2.25. The first kappa shape index (κ1) is 16.4. The van der Waals surface area contributed by atoms with Crippen molar-refractivity contribution in [3.8, 4) is 0 Å². The van der Waals surface area contributed by atoms with E-state index in [9.17, 15) is 14.4 Å². The number of carboxylic acids is 2. The number of rotatable bonds is 8. The summed E-state index contributed by atoms with van der Waals surface area (Å²) in [5.41, 5.74) is 5.25. The Kier molecular flexibility index (Phi) is 6.96. The molecule has 0 aliphatic heterocycles. The Hall–Kier alpha value is -1.63. The predicted octanol–water partition coefficient (Wildman–Crippen LogP) is -0.206. The summed E-state index contributed by atoms with van der Waals surface area (Å²) in [5, 5.41) is 19.9. The minimum Gasteiger partial charge on any atom is -0.480 e. The summed E-state index contributed by atoms with van der Waals surface area (Å²) in [6.45, 7) is 3.55. The topological polar surface area (TPSA) is 130 Å². The zero-order chi connectivity index (χ0) is 14.3. The van der Waals surface area contributed by atoms with Crippen LogP contribution in [0.15, 0.2) is 0 Å². The van der Waals surface area contributed by atoms with Gasteiger partial charge in [0.1, 0.15) is 12.1 Å². The zero-order valence-corrected chi connectivity index (χ0v) is 10.5.